The quantitative estimate of drug-likeness (QED) is 0.849. The second-order valence-corrected chi connectivity index (χ2v) is 7.15. The predicted molar refractivity (Wildman–Crippen MR) is 89.1 cm³/mol. The molecule has 0 aliphatic carbocycles. The lowest BCUT2D eigenvalue weighted by Gasteiger charge is -2.14. The molecular formula is C17H21NO4S. The van der Waals surface area contributed by atoms with Crippen molar-refractivity contribution in [2.75, 3.05) is 13.7 Å². The Morgan fingerprint density at radius 1 is 1.13 bits per heavy atom. The van der Waals surface area contributed by atoms with E-state index in [1.807, 2.05) is 13.0 Å². The maximum atomic E-state index is 12.4. The van der Waals surface area contributed by atoms with Crippen LogP contribution in [0.2, 0.25) is 0 Å². The third-order valence-corrected chi connectivity index (χ3v) is 5.17. The van der Waals surface area contributed by atoms with Crippen molar-refractivity contribution in [2.45, 2.75) is 24.8 Å². The van der Waals surface area contributed by atoms with Crippen LogP contribution < -0.4 is 9.46 Å². The number of ether oxygens (including phenoxy) is 1. The molecule has 0 aromatic heterocycles. The van der Waals surface area contributed by atoms with Gasteiger partial charge in [-0.25, -0.2) is 13.1 Å². The first-order valence-corrected chi connectivity index (χ1v) is 8.71. The van der Waals surface area contributed by atoms with E-state index in [-0.39, 0.29) is 11.4 Å². The number of benzene rings is 2. The highest BCUT2D eigenvalue weighted by atomic mass is 32.2. The van der Waals surface area contributed by atoms with Gasteiger partial charge in [-0.05, 0) is 48.7 Å². The Kier molecular flexibility index (Phi) is 5.41. The van der Waals surface area contributed by atoms with Gasteiger partial charge in [-0.15, -0.1) is 0 Å². The second-order valence-electron chi connectivity index (χ2n) is 5.41. The third kappa shape index (κ3) is 4.31. The average Bonchev–Trinajstić information content (AvgIpc) is 2.55. The fraction of sp³-hybridized carbons (Fsp3) is 0.294. The van der Waals surface area contributed by atoms with Gasteiger partial charge in [0.05, 0.1) is 18.1 Å². The molecule has 2 aromatic rings. The first kappa shape index (κ1) is 17.5. The van der Waals surface area contributed by atoms with Gasteiger partial charge in [0.1, 0.15) is 5.75 Å². The van der Waals surface area contributed by atoms with E-state index in [0.29, 0.717) is 16.9 Å². The number of rotatable bonds is 6. The highest BCUT2D eigenvalue weighted by Gasteiger charge is 2.19. The van der Waals surface area contributed by atoms with Gasteiger partial charge >= 0.3 is 0 Å². The van der Waals surface area contributed by atoms with Gasteiger partial charge in [0.2, 0.25) is 10.0 Å². The van der Waals surface area contributed by atoms with Crippen molar-refractivity contribution >= 4 is 10.0 Å². The summed E-state index contributed by atoms with van der Waals surface area (Å²) in [6.07, 6.45) is -0.930. The van der Waals surface area contributed by atoms with Gasteiger partial charge in [-0.1, -0.05) is 24.3 Å². The zero-order valence-electron chi connectivity index (χ0n) is 13.4. The number of nitrogens with one attached hydrogen (secondary N) is 1. The third-order valence-electron chi connectivity index (χ3n) is 3.60. The molecule has 1 unspecified atom stereocenters. The number of aliphatic hydroxyl groups is 1. The van der Waals surface area contributed by atoms with Crippen molar-refractivity contribution in [3.05, 3.63) is 59.2 Å². The molecule has 5 nitrogen and oxygen atoms in total. The normalized spacial score (nSPS) is 12.9. The van der Waals surface area contributed by atoms with Crippen molar-refractivity contribution in [1.82, 2.24) is 4.72 Å². The molecule has 0 saturated heterocycles. The van der Waals surface area contributed by atoms with Gasteiger partial charge in [0.25, 0.3) is 0 Å². The van der Waals surface area contributed by atoms with Gasteiger partial charge in [-0.3, -0.25) is 0 Å². The second kappa shape index (κ2) is 7.12. The maximum Gasteiger partial charge on any atom is 0.240 e. The van der Waals surface area contributed by atoms with E-state index in [4.69, 9.17) is 4.74 Å². The summed E-state index contributed by atoms with van der Waals surface area (Å²) >= 11 is 0. The molecular weight excluding hydrogens is 314 g/mol. The number of hydrogen-bond acceptors (Lipinski definition) is 4. The van der Waals surface area contributed by atoms with E-state index in [9.17, 15) is 13.5 Å². The molecule has 0 amide bonds. The minimum Gasteiger partial charge on any atom is -0.497 e. The van der Waals surface area contributed by atoms with Crippen LogP contribution in [0.1, 0.15) is 22.8 Å². The summed E-state index contributed by atoms with van der Waals surface area (Å²) in [5.41, 5.74) is 2.16. The molecule has 0 aliphatic heterocycles. The van der Waals surface area contributed by atoms with Gasteiger partial charge in [0, 0.05) is 6.54 Å². The Morgan fingerprint density at radius 2 is 1.78 bits per heavy atom. The van der Waals surface area contributed by atoms with Gasteiger partial charge in [0.15, 0.2) is 0 Å². The molecule has 6 heteroatoms. The molecule has 2 aromatic carbocycles. The summed E-state index contributed by atoms with van der Waals surface area (Å²) in [5.74, 6) is 0.678. The lowest BCUT2D eigenvalue weighted by Crippen LogP contribution is -2.29. The predicted octanol–water partition coefficient (Wildman–Crippen LogP) is 2.32. The van der Waals surface area contributed by atoms with Gasteiger partial charge < -0.3 is 9.84 Å². The van der Waals surface area contributed by atoms with Crippen molar-refractivity contribution in [3.63, 3.8) is 0 Å². The highest BCUT2D eigenvalue weighted by Crippen LogP contribution is 2.19. The number of aryl methyl sites for hydroxylation is 2. The van der Waals surface area contributed by atoms with E-state index in [2.05, 4.69) is 4.72 Å². The minimum atomic E-state index is -3.66. The molecule has 0 spiro atoms. The Bertz CT molecular complexity index is 770. The molecule has 0 radical (unpaired) electrons. The van der Waals surface area contributed by atoms with Crippen LogP contribution in [0.3, 0.4) is 0 Å². The molecule has 1 atom stereocenters. The van der Waals surface area contributed by atoms with Gasteiger partial charge in [-0.2, -0.15) is 0 Å². The van der Waals surface area contributed by atoms with Crippen LogP contribution in [0.15, 0.2) is 47.4 Å². The van der Waals surface area contributed by atoms with Crippen LogP contribution in [0, 0.1) is 13.8 Å². The Hall–Kier alpha value is -1.89. The molecule has 124 valence electrons. The standard InChI is InChI=1S/C17H21NO4S/c1-12-4-5-13(2)17(10-12)23(20,21)18-11-16(19)14-6-8-15(22-3)9-7-14/h4-10,16,18-19H,11H2,1-3H3. The fourth-order valence-corrected chi connectivity index (χ4v) is 3.57. The van der Waals surface area contributed by atoms with Crippen molar-refractivity contribution in [1.29, 1.82) is 0 Å². The zero-order valence-corrected chi connectivity index (χ0v) is 14.2. The minimum absolute atomic E-state index is 0.0952. The van der Waals surface area contributed by atoms with E-state index in [1.165, 1.54) is 0 Å². The lowest BCUT2D eigenvalue weighted by molar-refractivity contribution is 0.182. The van der Waals surface area contributed by atoms with Crippen molar-refractivity contribution in [3.8, 4) is 5.75 Å². The SMILES string of the molecule is COc1ccc(C(O)CNS(=O)(=O)c2cc(C)ccc2C)cc1. The Morgan fingerprint density at radius 3 is 2.39 bits per heavy atom. The first-order valence-electron chi connectivity index (χ1n) is 7.22. The van der Waals surface area contributed by atoms with E-state index in [0.717, 1.165) is 5.56 Å². The van der Waals surface area contributed by atoms with E-state index >= 15 is 0 Å². The fourth-order valence-electron chi connectivity index (χ4n) is 2.21. The molecule has 0 fully saturated rings. The number of hydrogen-bond donors (Lipinski definition) is 2. The highest BCUT2D eigenvalue weighted by molar-refractivity contribution is 7.89. The topological polar surface area (TPSA) is 75.6 Å². The average molecular weight is 335 g/mol. The van der Waals surface area contributed by atoms with E-state index < -0.39 is 16.1 Å². The van der Waals surface area contributed by atoms with E-state index in [1.54, 1.807) is 50.4 Å². The molecule has 23 heavy (non-hydrogen) atoms. The molecule has 0 heterocycles. The van der Waals surface area contributed by atoms with Crippen LogP contribution in [-0.4, -0.2) is 27.2 Å². The number of sulfonamides is 1. The molecule has 2 rings (SSSR count). The van der Waals surface area contributed by atoms with Crippen molar-refractivity contribution < 1.29 is 18.3 Å². The van der Waals surface area contributed by atoms with Crippen molar-refractivity contribution in [2.24, 2.45) is 0 Å². The lowest BCUT2D eigenvalue weighted by atomic mass is 10.1. The summed E-state index contributed by atoms with van der Waals surface area (Å²) in [5, 5.41) is 10.2. The molecule has 0 bridgehead atoms. The Balaban J connectivity index is 2.10. The monoisotopic (exact) mass is 335 g/mol. The molecule has 2 N–H and O–H groups in total. The molecule has 0 aliphatic rings. The molecule has 0 saturated carbocycles. The summed E-state index contributed by atoms with van der Waals surface area (Å²) in [4.78, 5) is 0.236. The summed E-state index contributed by atoms with van der Waals surface area (Å²) in [6, 6.07) is 12.1. The largest absolute Gasteiger partial charge is 0.497 e. The van der Waals surface area contributed by atoms with Crippen LogP contribution in [0.5, 0.6) is 5.75 Å². The Labute approximate surface area is 137 Å². The van der Waals surface area contributed by atoms with Crippen LogP contribution in [0.25, 0.3) is 0 Å². The van der Waals surface area contributed by atoms with Crippen LogP contribution in [-0.2, 0) is 10.0 Å². The summed E-state index contributed by atoms with van der Waals surface area (Å²) < 4.78 is 32.3. The summed E-state index contributed by atoms with van der Waals surface area (Å²) in [6.45, 7) is 3.49. The first-order chi connectivity index (χ1) is 10.8. The summed E-state index contributed by atoms with van der Waals surface area (Å²) in [7, 11) is -2.10. The maximum absolute atomic E-state index is 12.4. The number of methoxy groups -OCH3 is 1. The van der Waals surface area contributed by atoms with Crippen LogP contribution >= 0.6 is 0 Å². The van der Waals surface area contributed by atoms with Crippen LogP contribution in [0.4, 0.5) is 0 Å². The number of aliphatic hydroxyl groups excluding tert-OH is 1. The zero-order chi connectivity index (χ0) is 17.0. The smallest absolute Gasteiger partial charge is 0.240 e.